The van der Waals surface area contributed by atoms with E-state index in [1.165, 1.54) is 6.20 Å². The van der Waals surface area contributed by atoms with Gasteiger partial charge in [-0.05, 0) is 53.6 Å². The maximum atomic E-state index is 16.2. The smallest absolute Gasteiger partial charge is 0.229 e. The molecule has 8 nitrogen and oxygen atoms in total. The molecule has 10 heteroatoms. The molecule has 38 heavy (non-hydrogen) atoms. The monoisotopic (exact) mass is 527 g/mol. The van der Waals surface area contributed by atoms with Gasteiger partial charge in [-0.2, -0.15) is 5.10 Å². The van der Waals surface area contributed by atoms with Gasteiger partial charge in [0.25, 0.3) is 0 Å². The van der Waals surface area contributed by atoms with Crippen LogP contribution < -0.4 is 5.32 Å². The topological polar surface area (TPSA) is 112 Å². The highest BCUT2D eigenvalue weighted by Gasteiger charge is 2.24. The van der Waals surface area contributed by atoms with E-state index in [2.05, 4.69) is 46.9 Å². The Labute approximate surface area is 222 Å². The van der Waals surface area contributed by atoms with Gasteiger partial charge in [0.2, 0.25) is 5.91 Å². The van der Waals surface area contributed by atoms with E-state index >= 15 is 4.39 Å². The van der Waals surface area contributed by atoms with Gasteiger partial charge in [0, 0.05) is 34.3 Å². The first kappa shape index (κ1) is 24.3. The van der Waals surface area contributed by atoms with Crippen LogP contribution >= 0.6 is 11.8 Å². The van der Waals surface area contributed by atoms with Crippen LogP contribution in [-0.2, 0) is 4.79 Å². The number of pyridine rings is 2. The quantitative estimate of drug-likeness (QED) is 0.240. The number of fused-ring (bicyclic) bond motifs is 2. The summed E-state index contributed by atoms with van der Waals surface area (Å²) in [5.41, 5.74) is 4.99. The molecule has 1 atom stereocenters. The lowest BCUT2D eigenvalue weighted by atomic mass is 9.95. The zero-order valence-electron chi connectivity index (χ0n) is 21.4. The van der Waals surface area contributed by atoms with Crippen LogP contribution in [0.25, 0.3) is 44.8 Å². The number of aromatic amines is 2. The molecular formula is C28H26FN7OS. The summed E-state index contributed by atoms with van der Waals surface area (Å²) < 4.78 is 16.2. The van der Waals surface area contributed by atoms with Gasteiger partial charge in [0.05, 0.1) is 10.9 Å². The molecule has 6 rings (SSSR count). The second kappa shape index (κ2) is 9.05. The largest absolute Gasteiger partial charge is 0.335 e. The van der Waals surface area contributed by atoms with Gasteiger partial charge in [-0.25, -0.2) is 19.3 Å². The Morgan fingerprint density at radius 1 is 1.18 bits per heavy atom. The van der Waals surface area contributed by atoms with Crippen molar-refractivity contribution in [2.24, 2.45) is 5.41 Å². The Bertz CT molecular complexity index is 1740. The number of allylic oxidation sites excluding steroid dienone is 1. The van der Waals surface area contributed by atoms with Gasteiger partial charge in [0.1, 0.15) is 11.5 Å². The molecule has 0 radical (unpaired) electrons. The van der Waals surface area contributed by atoms with Gasteiger partial charge >= 0.3 is 0 Å². The van der Waals surface area contributed by atoms with Crippen molar-refractivity contribution in [3.8, 4) is 22.6 Å². The van der Waals surface area contributed by atoms with Gasteiger partial charge in [-0.15, -0.1) is 11.8 Å². The molecule has 1 amide bonds. The fraction of sp³-hybridized carbons (Fsp3) is 0.250. The van der Waals surface area contributed by atoms with Crippen molar-refractivity contribution in [3.63, 3.8) is 0 Å². The summed E-state index contributed by atoms with van der Waals surface area (Å²) in [5, 5.41) is 12.7. The van der Waals surface area contributed by atoms with Crippen molar-refractivity contribution in [3.05, 3.63) is 65.1 Å². The molecule has 1 aliphatic rings. The standard InChI is InChI=1S/C28H26FN7OS/c1-14-10-15(12-16(11-14)32-27(37)28(2,3)4)18-13-31-24-20(21(18)29)23(35-36-24)26-33-22-17(19-6-5-9-38-19)7-8-30-25(22)34-26/h5,7-13,19H,6H2,1-4H3,(H,32,37)(H,30,33,34)(H,31,35,36). The van der Waals surface area contributed by atoms with E-state index in [9.17, 15) is 4.79 Å². The van der Waals surface area contributed by atoms with Crippen molar-refractivity contribution in [2.75, 3.05) is 5.32 Å². The first-order valence-electron chi connectivity index (χ1n) is 12.3. The summed E-state index contributed by atoms with van der Waals surface area (Å²) in [4.78, 5) is 29.4. The highest BCUT2D eigenvalue weighted by atomic mass is 32.2. The number of hydrogen-bond acceptors (Lipinski definition) is 6. The molecule has 0 bridgehead atoms. The normalized spacial score (nSPS) is 15.6. The molecule has 1 aromatic carbocycles. The highest BCUT2D eigenvalue weighted by molar-refractivity contribution is 8.02. The Morgan fingerprint density at radius 2 is 2.03 bits per heavy atom. The van der Waals surface area contributed by atoms with Crippen molar-refractivity contribution < 1.29 is 9.18 Å². The molecule has 1 aliphatic heterocycles. The Kier molecular flexibility index (Phi) is 5.79. The van der Waals surface area contributed by atoms with Crippen LogP contribution in [-0.4, -0.2) is 36.0 Å². The highest BCUT2D eigenvalue weighted by Crippen LogP contribution is 2.41. The van der Waals surface area contributed by atoms with Gasteiger partial charge in [-0.3, -0.25) is 9.89 Å². The summed E-state index contributed by atoms with van der Waals surface area (Å²) in [6.07, 6.45) is 6.30. The van der Waals surface area contributed by atoms with E-state index in [0.717, 1.165) is 23.1 Å². The minimum Gasteiger partial charge on any atom is -0.335 e. The van der Waals surface area contributed by atoms with Crippen LogP contribution in [0, 0.1) is 18.2 Å². The number of H-pyrrole nitrogens is 2. The van der Waals surface area contributed by atoms with E-state index in [1.807, 2.05) is 45.9 Å². The van der Waals surface area contributed by atoms with Crippen LogP contribution in [0.2, 0.25) is 0 Å². The number of aryl methyl sites for hydroxylation is 1. The van der Waals surface area contributed by atoms with E-state index in [0.29, 0.717) is 34.0 Å². The van der Waals surface area contributed by atoms with Gasteiger partial charge in [0.15, 0.2) is 17.1 Å². The Balaban J connectivity index is 1.44. The van der Waals surface area contributed by atoms with Crippen LogP contribution in [0.3, 0.4) is 0 Å². The third kappa shape index (κ3) is 4.24. The lowest BCUT2D eigenvalue weighted by Crippen LogP contribution is -2.27. The van der Waals surface area contributed by atoms with E-state index in [-0.39, 0.29) is 22.2 Å². The number of rotatable bonds is 4. The SMILES string of the molecule is Cc1cc(NC(=O)C(C)(C)C)cc(-c2cnc3n[nH]c(-c4nc5nccc(C6CC=CS6)c5[nH]4)c3c2F)c1. The molecule has 4 aromatic heterocycles. The number of thioether (sulfide) groups is 1. The molecule has 1 unspecified atom stereocenters. The van der Waals surface area contributed by atoms with Crippen molar-refractivity contribution in [2.45, 2.75) is 39.4 Å². The third-order valence-corrected chi connectivity index (χ3v) is 7.67. The molecule has 0 saturated carbocycles. The van der Waals surface area contributed by atoms with Crippen molar-refractivity contribution in [1.82, 2.24) is 30.1 Å². The van der Waals surface area contributed by atoms with Crippen LogP contribution in [0.4, 0.5) is 10.1 Å². The molecule has 3 N–H and O–H groups in total. The zero-order valence-corrected chi connectivity index (χ0v) is 22.2. The molecule has 0 fully saturated rings. The molecule has 5 aromatic rings. The molecule has 0 spiro atoms. The lowest BCUT2D eigenvalue weighted by Gasteiger charge is -2.18. The number of imidazole rings is 1. The number of aromatic nitrogens is 6. The predicted molar refractivity (Wildman–Crippen MR) is 149 cm³/mol. The first-order chi connectivity index (χ1) is 18.2. The molecule has 192 valence electrons. The number of nitrogens with one attached hydrogen (secondary N) is 3. The Morgan fingerprint density at radius 3 is 2.79 bits per heavy atom. The summed E-state index contributed by atoms with van der Waals surface area (Å²) in [6, 6.07) is 7.47. The Hall–Kier alpha value is -4.05. The third-order valence-electron chi connectivity index (χ3n) is 6.54. The zero-order chi connectivity index (χ0) is 26.6. The second-order valence-electron chi connectivity index (χ2n) is 10.5. The summed E-state index contributed by atoms with van der Waals surface area (Å²) in [5.74, 6) is -0.148. The number of nitrogens with zero attached hydrogens (tertiary/aromatic N) is 4. The summed E-state index contributed by atoms with van der Waals surface area (Å²) >= 11 is 1.76. The fourth-order valence-electron chi connectivity index (χ4n) is 4.56. The fourth-order valence-corrected chi connectivity index (χ4v) is 5.53. The summed E-state index contributed by atoms with van der Waals surface area (Å²) in [6.45, 7) is 7.44. The number of hydrogen-bond donors (Lipinski definition) is 3. The predicted octanol–water partition coefficient (Wildman–Crippen LogP) is 6.69. The van der Waals surface area contributed by atoms with Gasteiger partial charge in [-0.1, -0.05) is 32.9 Å². The average Bonchev–Trinajstić information content (AvgIpc) is 3.62. The van der Waals surface area contributed by atoms with E-state index in [4.69, 9.17) is 0 Å². The van der Waals surface area contributed by atoms with Crippen molar-refractivity contribution in [1.29, 1.82) is 0 Å². The van der Waals surface area contributed by atoms with Crippen molar-refractivity contribution >= 4 is 45.6 Å². The summed E-state index contributed by atoms with van der Waals surface area (Å²) in [7, 11) is 0. The van der Waals surface area contributed by atoms with E-state index in [1.54, 1.807) is 24.0 Å². The number of halogens is 1. The number of carbonyl (C=O) groups is 1. The molecule has 0 saturated heterocycles. The maximum absolute atomic E-state index is 16.2. The van der Waals surface area contributed by atoms with Gasteiger partial charge < -0.3 is 10.3 Å². The first-order valence-corrected chi connectivity index (χ1v) is 13.2. The number of amides is 1. The average molecular weight is 528 g/mol. The second-order valence-corrected chi connectivity index (χ2v) is 11.6. The van der Waals surface area contributed by atoms with Crippen LogP contribution in [0.5, 0.6) is 0 Å². The minimum absolute atomic E-state index is 0.120. The number of benzene rings is 1. The van der Waals surface area contributed by atoms with Crippen LogP contribution in [0.1, 0.15) is 43.6 Å². The lowest BCUT2D eigenvalue weighted by molar-refractivity contribution is -0.123. The number of anilines is 1. The van der Waals surface area contributed by atoms with Crippen LogP contribution in [0.15, 0.2) is 48.1 Å². The molecule has 0 aliphatic carbocycles. The van der Waals surface area contributed by atoms with E-state index < -0.39 is 11.2 Å². The molecular weight excluding hydrogens is 501 g/mol. The molecule has 5 heterocycles. The number of carbonyl (C=O) groups excluding carboxylic acids is 1. The minimum atomic E-state index is -0.560. The maximum Gasteiger partial charge on any atom is 0.229 e.